The average molecular weight is 472 g/mol. The summed E-state index contributed by atoms with van der Waals surface area (Å²) in [7, 11) is 0. The zero-order chi connectivity index (χ0) is 24.8. The third-order valence-electron chi connectivity index (χ3n) is 5.43. The Hall–Kier alpha value is -4.46. The first-order valence-corrected chi connectivity index (χ1v) is 11.0. The predicted octanol–water partition coefficient (Wildman–Crippen LogP) is 5.34. The minimum atomic E-state index is -1.15. The number of halogens is 2. The van der Waals surface area contributed by atoms with Crippen molar-refractivity contribution < 1.29 is 18.4 Å². The molecule has 3 aromatic carbocycles. The van der Waals surface area contributed by atoms with Crippen LogP contribution in [0.2, 0.25) is 0 Å². The lowest BCUT2D eigenvalue weighted by atomic mass is 10.00. The maximum absolute atomic E-state index is 13.7. The first-order valence-electron chi connectivity index (χ1n) is 11.0. The van der Waals surface area contributed by atoms with Crippen LogP contribution < -0.4 is 10.2 Å². The van der Waals surface area contributed by atoms with E-state index in [9.17, 15) is 18.4 Å². The Morgan fingerprint density at radius 3 is 2.09 bits per heavy atom. The van der Waals surface area contributed by atoms with Crippen molar-refractivity contribution in [1.29, 1.82) is 0 Å². The number of anilines is 2. The Kier molecular flexibility index (Phi) is 7.21. The summed E-state index contributed by atoms with van der Waals surface area (Å²) in [6.07, 6.45) is 4.90. The largest absolute Gasteiger partial charge is 0.324 e. The van der Waals surface area contributed by atoms with Crippen molar-refractivity contribution >= 4 is 23.2 Å². The summed E-state index contributed by atoms with van der Waals surface area (Å²) < 4.78 is 27.1. The highest BCUT2D eigenvalue weighted by atomic mass is 19.1. The Bertz CT molecular complexity index is 1300. The SMILES string of the molecule is CCc1ccc([C@@H](C(=O)Nc2ccc(F)cc2)N(C(=O)c2cnccn2)c2ccc(F)cc2)cc1. The quantitative estimate of drug-likeness (QED) is 0.394. The number of aryl methyl sites for hydroxylation is 1. The molecule has 1 aromatic heterocycles. The molecule has 0 saturated carbocycles. The second kappa shape index (κ2) is 10.6. The Labute approximate surface area is 201 Å². The molecule has 0 aliphatic rings. The molecule has 0 aliphatic carbocycles. The van der Waals surface area contributed by atoms with Crippen molar-refractivity contribution in [2.45, 2.75) is 19.4 Å². The molecule has 4 rings (SSSR count). The second-order valence-electron chi connectivity index (χ2n) is 7.74. The zero-order valence-corrected chi connectivity index (χ0v) is 18.9. The van der Waals surface area contributed by atoms with Crippen LogP contribution in [0.3, 0.4) is 0 Å². The van der Waals surface area contributed by atoms with Crippen LogP contribution in [-0.4, -0.2) is 21.8 Å². The van der Waals surface area contributed by atoms with Gasteiger partial charge in [-0.25, -0.2) is 13.8 Å². The van der Waals surface area contributed by atoms with E-state index in [1.165, 1.54) is 72.0 Å². The van der Waals surface area contributed by atoms with Crippen LogP contribution in [0, 0.1) is 11.6 Å². The lowest BCUT2D eigenvalue weighted by molar-refractivity contribution is -0.117. The highest BCUT2D eigenvalue weighted by Gasteiger charge is 2.34. The number of hydrogen-bond acceptors (Lipinski definition) is 4. The molecule has 1 atom stereocenters. The van der Waals surface area contributed by atoms with Crippen molar-refractivity contribution in [2.24, 2.45) is 0 Å². The van der Waals surface area contributed by atoms with Gasteiger partial charge in [-0.2, -0.15) is 0 Å². The van der Waals surface area contributed by atoms with Gasteiger partial charge in [-0.05, 0) is 66.1 Å². The summed E-state index contributed by atoms with van der Waals surface area (Å²) in [5, 5.41) is 2.75. The minimum absolute atomic E-state index is 0.0154. The van der Waals surface area contributed by atoms with Gasteiger partial charge in [-0.15, -0.1) is 0 Å². The van der Waals surface area contributed by atoms with Gasteiger partial charge in [0.2, 0.25) is 0 Å². The summed E-state index contributed by atoms with van der Waals surface area (Å²) >= 11 is 0. The highest BCUT2D eigenvalue weighted by molar-refractivity contribution is 6.11. The van der Waals surface area contributed by atoms with Crippen molar-refractivity contribution in [3.05, 3.63) is 120 Å². The van der Waals surface area contributed by atoms with Crippen LogP contribution in [0.15, 0.2) is 91.4 Å². The molecule has 1 heterocycles. The highest BCUT2D eigenvalue weighted by Crippen LogP contribution is 2.31. The monoisotopic (exact) mass is 472 g/mol. The van der Waals surface area contributed by atoms with Gasteiger partial charge < -0.3 is 5.32 Å². The number of hydrogen-bond donors (Lipinski definition) is 1. The van der Waals surface area contributed by atoms with Gasteiger partial charge in [0.25, 0.3) is 11.8 Å². The molecule has 0 unspecified atom stereocenters. The van der Waals surface area contributed by atoms with Gasteiger partial charge >= 0.3 is 0 Å². The molecule has 0 bridgehead atoms. The van der Waals surface area contributed by atoms with E-state index in [2.05, 4.69) is 15.3 Å². The van der Waals surface area contributed by atoms with E-state index in [0.29, 0.717) is 16.9 Å². The van der Waals surface area contributed by atoms with E-state index in [1.54, 1.807) is 12.1 Å². The molecule has 0 spiro atoms. The standard InChI is InChI=1S/C27H22F2N4O2/c1-2-18-3-5-19(6-4-18)25(26(34)32-22-11-7-20(28)8-12-22)33(23-13-9-21(29)10-14-23)27(35)24-17-30-15-16-31-24/h3-17,25H,2H2,1H3,(H,32,34)/t25-/m0/s1. The molecule has 0 radical (unpaired) electrons. The number of rotatable bonds is 7. The molecule has 4 aromatic rings. The number of nitrogens with zero attached hydrogens (tertiary/aromatic N) is 3. The molecule has 0 saturated heterocycles. The molecule has 8 heteroatoms. The zero-order valence-electron chi connectivity index (χ0n) is 18.9. The second-order valence-corrected chi connectivity index (χ2v) is 7.74. The summed E-state index contributed by atoms with van der Waals surface area (Å²) in [6, 6.07) is 16.7. The third-order valence-corrected chi connectivity index (χ3v) is 5.43. The molecule has 1 N–H and O–H groups in total. The van der Waals surface area contributed by atoms with Gasteiger partial charge in [-0.1, -0.05) is 31.2 Å². The number of amides is 2. The summed E-state index contributed by atoms with van der Waals surface area (Å²) in [6.45, 7) is 2.01. The van der Waals surface area contributed by atoms with E-state index < -0.39 is 29.5 Å². The van der Waals surface area contributed by atoms with Crippen molar-refractivity contribution in [3.8, 4) is 0 Å². The topological polar surface area (TPSA) is 75.2 Å². The maximum Gasteiger partial charge on any atom is 0.279 e. The summed E-state index contributed by atoms with van der Waals surface area (Å²) in [4.78, 5) is 36.6. The van der Waals surface area contributed by atoms with Crippen LogP contribution in [-0.2, 0) is 11.2 Å². The fourth-order valence-corrected chi connectivity index (χ4v) is 3.62. The van der Waals surface area contributed by atoms with Crippen molar-refractivity contribution in [3.63, 3.8) is 0 Å². The number of carbonyl (C=O) groups excluding carboxylic acids is 2. The number of aromatic nitrogens is 2. The van der Waals surface area contributed by atoms with Gasteiger partial charge in [0, 0.05) is 23.8 Å². The van der Waals surface area contributed by atoms with E-state index >= 15 is 0 Å². The van der Waals surface area contributed by atoms with E-state index in [4.69, 9.17) is 0 Å². The van der Waals surface area contributed by atoms with Crippen LogP contribution in [0.25, 0.3) is 0 Å². The van der Waals surface area contributed by atoms with Gasteiger partial charge in [-0.3, -0.25) is 19.5 Å². The first-order chi connectivity index (χ1) is 17.0. The van der Waals surface area contributed by atoms with E-state index in [-0.39, 0.29) is 5.69 Å². The molecule has 0 fully saturated rings. The lowest BCUT2D eigenvalue weighted by Gasteiger charge is -2.31. The van der Waals surface area contributed by atoms with Gasteiger partial charge in [0.1, 0.15) is 23.4 Å². The maximum atomic E-state index is 13.7. The predicted molar refractivity (Wildman–Crippen MR) is 129 cm³/mol. The van der Waals surface area contributed by atoms with Crippen molar-refractivity contribution in [1.82, 2.24) is 9.97 Å². The smallest absolute Gasteiger partial charge is 0.279 e. The Morgan fingerprint density at radius 2 is 1.51 bits per heavy atom. The molecule has 176 valence electrons. The fourth-order valence-electron chi connectivity index (χ4n) is 3.62. The molecular formula is C27H22F2N4O2. The molecule has 0 aliphatic heterocycles. The Morgan fingerprint density at radius 1 is 0.886 bits per heavy atom. The molecule has 2 amide bonds. The molecular weight excluding hydrogens is 450 g/mol. The number of nitrogens with one attached hydrogen (secondary N) is 1. The first kappa shape index (κ1) is 23.7. The van der Waals surface area contributed by atoms with Crippen LogP contribution in [0.1, 0.15) is 34.6 Å². The average Bonchev–Trinajstić information content (AvgIpc) is 2.89. The van der Waals surface area contributed by atoms with Gasteiger partial charge in [0.05, 0.1) is 6.20 Å². The lowest BCUT2D eigenvalue weighted by Crippen LogP contribution is -2.42. The number of carbonyl (C=O) groups is 2. The minimum Gasteiger partial charge on any atom is -0.324 e. The molecule has 35 heavy (non-hydrogen) atoms. The number of benzene rings is 3. The van der Waals surface area contributed by atoms with E-state index in [0.717, 1.165) is 12.0 Å². The van der Waals surface area contributed by atoms with Crippen molar-refractivity contribution in [2.75, 3.05) is 10.2 Å². The van der Waals surface area contributed by atoms with Crippen LogP contribution >= 0.6 is 0 Å². The van der Waals surface area contributed by atoms with Crippen LogP contribution in [0.5, 0.6) is 0 Å². The fraction of sp³-hybridized carbons (Fsp3) is 0.111. The Balaban J connectivity index is 1.83. The summed E-state index contributed by atoms with van der Waals surface area (Å²) in [5.41, 5.74) is 2.25. The summed E-state index contributed by atoms with van der Waals surface area (Å²) in [5.74, 6) is -2.06. The molecule has 6 nitrogen and oxygen atoms in total. The third kappa shape index (κ3) is 5.55. The van der Waals surface area contributed by atoms with Gasteiger partial charge in [0.15, 0.2) is 0 Å². The van der Waals surface area contributed by atoms with E-state index in [1.807, 2.05) is 19.1 Å². The normalized spacial score (nSPS) is 11.5. The van der Waals surface area contributed by atoms with Crippen LogP contribution in [0.4, 0.5) is 20.2 Å².